The Kier molecular flexibility index (Phi) is 6.06. The molecular formula is C20H28N4OS. The van der Waals surface area contributed by atoms with Crippen molar-refractivity contribution in [3.63, 3.8) is 0 Å². The zero-order valence-corrected chi connectivity index (χ0v) is 16.9. The molecule has 140 valence electrons. The van der Waals surface area contributed by atoms with Gasteiger partial charge in [0.15, 0.2) is 0 Å². The molecule has 6 heteroatoms. The van der Waals surface area contributed by atoms with Crippen molar-refractivity contribution in [2.75, 3.05) is 40.3 Å². The molecule has 0 saturated carbocycles. The summed E-state index contributed by atoms with van der Waals surface area (Å²) in [5.74, 6) is 0.197. The van der Waals surface area contributed by atoms with Crippen LogP contribution in [0.25, 0.3) is 0 Å². The molecule has 1 saturated heterocycles. The molecule has 0 aliphatic carbocycles. The topological polar surface area (TPSA) is 39.7 Å². The third-order valence-corrected chi connectivity index (χ3v) is 5.70. The van der Waals surface area contributed by atoms with Crippen LogP contribution in [0.1, 0.15) is 27.9 Å². The summed E-state index contributed by atoms with van der Waals surface area (Å²) in [5, 5.41) is 3.24. The first-order valence-electron chi connectivity index (χ1n) is 9.09. The average molecular weight is 373 g/mol. The molecule has 0 unspecified atom stereocenters. The van der Waals surface area contributed by atoms with Gasteiger partial charge < -0.3 is 4.90 Å². The predicted molar refractivity (Wildman–Crippen MR) is 106 cm³/mol. The van der Waals surface area contributed by atoms with Crippen LogP contribution in [0.5, 0.6) is 0 Å². The zero-order valence-electron chi connectivity index (χ0n) is 16.1. The van der Waals surface area contributed by atoms with Gasteiger partial charge in [-0.15, -0.1) is 11.3 Å². The highest BCUT2D eigenvalue weighted by atomic mass is 32.1. The standard InChI is InChI=1S/C20H28N4OS/c1-15-5-7-17(8-6-15)19(22(3)4)20(25)24-11-9-23(10-12-24)13-18-14-26-16(2)21-18/h5-8,14,19H,9-13H2,1-4H3/t19-/m1/s1. The molecule has 1 aromatic heterocycles. The minimum absolute atomic E-state index is 0.197. The number of likely N-dealkylation sites (N-methyl/N-ethyl adjacent to an activating group) is 1. The molecule has 0 N–H and O–H groups in total. The first-order chi connectivity index (χ1) is 12.4. The lowest BCUT2D eigenvalue weighted by atomic mass is 10.0. The Hall–Kier alpha value is -1.76. The van der Waals surface area contributed by atoms with Gasteiger partial charge in [-0.1, -0.05) is 29.8 Å². The number of aryl methyl sites for hydroxylation is 2. The number of thiazole rings is 1. The first-order valence-corrected chi connectivity index (χ1v) is 9.97. The predicted octanol–water partition coefficient (Wildman–Crippen LogP) is 2.71. The van der Waals surface area contributed by atoms with Crippen LogP contribution < -0.4 is 0 Å². The molecule has 26 heavy (non-hydrogen) atoms. The molecule has 1 atom stereocenters. The fourth-order valence-electron chi connectivity index (χ4n) is 3.42. The molecule has 2 heterocycles. The monoisotopic (exact) mass is 372 g/mol. The van der Waals surface area contributed by atoms with Gasteiger partial charge in [0.1, 0.15) is 6.04 Å². The summed E-state index contributed by atoms with van der Waals surface area (Å²) in [6, 6.07) is 8.07. The third-order valence-electron chi connectivity index (χ3n) is 4.88. The molecule has 1 aliphatic heterocycles. The van der Waals surface area contributed by atoms with Gasteiger partial charge in [-0.3, -0.25) is 14.6 Å². The Morgan fingerprint density at radius 2 is 1.81 bits per heavy atom. The molecule has 0 bridgehead atoms. The number of carbonyl (C=O) groups excluding carboxylic acids is 1. The highest BCUT2D eigenvalue weighted by molar-refractivity contribution is 7.09. The fourth-order valence-corrected chi connectivity index (χ4v) is 4.02. The van der Waals surface area contributed by atoms with Crippen molar-refractivity contribution in [1.29, 1.82) is 0 Å². The van der Waals surface area contributed by atoms with Gasteiger partial charge in [0, 0.05) is 38.1 Å². The van der Waals surface area contributed by atoms with Crippen molar-refractivity contribution in [3.05, 3.63) is 51.5 Å². The van der Waals surface area contributed by atoms with Gasteiger partial charge in [0.05, 0.1) is 10.7 Å². The van der Waals surface area contributed by atoms with E-state index in [-0.39, 0.29) is 11.9 Å². The van der Waals surface area contributed by atoms with E-state index in [1.807, 2.05) is 30.8 Å². The molecule has 1 amide bonds. The number of aromatic nitrogens is 1. The van der Waals surface area contributed by atoms with Crippen molar-refractivity contribution < 1.29 is 4.79 Å². The Morgan fingerprint density at radius 1 is 1.15 bits per heavy atom. The minimum Gasteiger partial charge on any atom is -0.338 e. The van der Waals surface area contributed by atoms with Crippen molar-refractivity contribution in [2.24, 2.45) is 0 Å². The van der Waals surface area contributed by atoms with Crippen molar-refractivity contribution >= 4 is 17.2 Å². The second-order valence-corrected chi connectivity index (χ2v) is 8.30. The van der Waals surface area contributed by atoms with E-state index in [0.29, 0.717) is 0 Å². The number of benzene rings is 1. The van der Waals surface area contributed by atoms with Crippen LogP contribution in [0.3, 0.4) is 0 Å². The summed E-state index contributed by atoms with van der Waals surface area (Å²) in [4.78, 5) is 24.1. The zero-order chi connectivity index (χ0) is 18.7. The normalized spacial score (nSPS) is 16.9. The lowest BCUT2D eigenvalue weighted by Gasteiger charge is -2.37. The Balaban J connectivity index is 1.61. The van der Waals surface area contributed by atoms with Crippen molar-refractivity contribution in [2.45, 2.75) is 26.4 Å². The van der Waals surface area contributed by atoms with E-state index in [1.54, 1.807) is 11.3 Å². The molecular weight excluding hydrogens is 344 g/mol. The lowest BCUT2D eigenvalue weighted by molar-refractivity contribution is -0.138. The third kappa shape index (κ3) is 4.50. The van der Waals surface area contributed by atoms with Crippen LogP contribution >= 0.6 is 11.3 Å². The van der Waals surface area contributed by atoms with Crippen LogP contribution in [0.15, 0.2) is 29.6 Å². The van der Waals surface area contributed by atoms with E-state index in [4.69, 9.17) is 0 Å². The van der Waals surface area contributed by atoms with Crippen LogP contribution in [0.2, 0.25) is 0 Å². The number of carbonyl (C=O) groups is 1. The van der Waals surface area contributed by atoms with E-state index < -0.39 is 0 Å². The molecule has 1 aromatic carbocycles. The average Bonchev–Trinajstić information content (AvgIpc) is 3.02. The van der Waals surface area contributed by atoms with E-state index in [1.165, 1.54) is 5.56 Å². The SMILES string of the molecule is Cc1ccc([C@H](C(=O)N2CCN(Cc3csc(C)n3)CC2)N(C)C)cc1. The van der Waals surface area contributed by atoms with Crippen molar-refractivity contribution in [1.82, 2.24) is 19.7 Å². The van der Waals surface area contributed by atoms with Crippen LogP contribution in [0.4, 0.5) is 0 Å². The van der Waals surface area contributed by atoms with Crippen molar-refractivity contribution in [3.8, 4) is 0 Å². The summed E-state index contributed by atoms with van der Waals surface area (Å²) < 4.78 is 0. The maximum absolute atomic E-state index is 13.1. The highest BCUT2D eigenvalue weighted by Crippen LogP contribution is 2.22. The Bertz CT molecular complexity index is 733. The number of rotatable bonds is 5. The van der Waals surface area contributed by atoms with Crippen LogP contribution in [-0.2, 0) is 11.3 Å². The van der Waals surface area contributed by atoms with Gasteiger partial charge in [-0.25, -0.2) is 4.98 Å². The number of amides is 1. The molecule has 5 nitrogen and oxygen atoms in total. The lowest BCUT2D eigenvalue weighted by Crippen LogP contribution is -2.51. The summed E-state index contributed by atoms with van der Waals surface area (Å²) in [5.41, 5.74) is 3.41. The number of piperazine rings is 1. The van der Waals surface area contributed by atoms with Gasteiger partial charge in [-0.05, 0) is 33.5 Å². The largest absolute Gasteiger partial charge is 0.338 e. The molecule has 3 rings (SSSR count). The van der Waals surface area contributed by atoms with Gasteiger partial charge in [0.2, 0.25) is 5.91 Å². The summed E-state index contributed by atoms with van der Waals surface area (Å²) in [6.07, 6.45) is 0. The number of hydrogen-bond donors (Lipinski definition) is 0. The maximum atomic E-state index is 13.1. The maximum Gasteiger partial charge on any atom is 0.244 e. The van der Waals surface area contributed by atoms with E-state index in [2.05, 4.69) is 46.5 Å². The second-order valence-electron chi connectivity index (χ2n) is 7.24. The number of nitrogens with zero attached hydrogens (tertiary/aromatic N) is 4. The molecule has 0 radical (unpaired) electrons. The number of hydrogen-bond acceptors (Lipinski definition) is 5. The second kappa shape index (κ2) is 8.29. The smallest absolute Gasteiger partial charge is 0.244 e. The van der Waals surface area contributed by atoms with Gasteiger partial charge in [-0.2, -0.15) is 0 Å². The Labute approximate surface area is 160 Å². The molecule has 1 fully saturated rings. The van der Waals surface area contributed by atoms with Gasteiger partial charge in [0.25, 0.3) is 0 Å². The van der Waals surface area contributed by atoms with E-state index in [9.17, 15) is 4.79 Å². The summed E-state index contributed by atoms with van der Waals surface area (Å²) in [6.45, 7) is 8.33. The molecule has 1 aliphatic rings. The van der Waals surface area contributed by atoms with E-state index in [0.717, 1.165) is 49.0 Å². The first kappa shape index (κ1) is 19.0. The quantitative estimate of drug-likeness (QED) is 0.809. The van der Waals surface area contributed by atoms with Crippen LogP contribution in [0, 0.1) is 13.8 Å². The fraction of sp³-hybridized carbons (Fsp3) is 0.500. The summed E-state index contributed by atoms with van der Waals surface area (Å²) >= 11 is 1.70. The highest BCUT2D eigenvalue weighted by Gasteiger charge is 2.30. The van der Waals surface area contributed by atoms with Crippen LogP contribution in [-0.4, -0.2) is 65.9 Å². The molecule has 0 spiro atoms. The Morgan fingerprint density at radius 3 is 2.35 bits per heavy atom. The van der Waals surface area contributed by atoms with E-state index >= 15 is 0 Å². The summed E-state index contributed by atoms with van der Waals surface area (Å²) in [7, 11) is 3.95. The minimum atomic E-state index is -0.219. The van der Waals surface area contributed by atoms with Gasteiger partial charge >= 0.3 is 0 Å². The molecule has 2 aromatic rings.